The second-order valence-electron chi connectivity index (χ2n) is 3.77. The van der Waals surface area contributed by atoms with Gasteiger partial charge in [-0.05, 0) is 23.8 Å². The molecule has 84 valence electrons. The minimum atomic E-state index is 0.467. The third-order valence-electron chi connectivity index (χ3n) is 2.68. The summed E-state index contributed by atoms with van der Waals surface area (Å²) in [5.41, 5.74) is 3.95. The molecule has 1 aromatic carbocycles. The Bertz CT molecular complexity index is 646. The van der Waals surface area contributed by atoms with Crippen molar-refractivity contribution in [3.05, 3.63) is 48.3 Å². The SMILES string of the molecule is ClCc1cccc2[nH]c(-c3cccnc3)nc12. The van der Waals surface area contributed by atoms with E-state index in [1.807, 2.05) is 30.3 Å². The van der Waals surface area contributed by atoms with E-state index in [1.165, 1.54) is 0 Å². The summed E-state index contributed by atoms with van der Waals surface area (Å²) in [6.45, 7) is 0. The van der Waals surface area contributed by atoms with Gasteiger partial charge in [-0.2, -0.15) is 0 Å². The van der Waals surface area contributed by atoms with Crippen molar-refractivity contribution in [3.8, 4) is 11.4 Å². The van der Waals surface area contributed by atoms with Crippen LogP contribution in [0.3, 0.4) is 0 Å². The summed E-state index contributed by atoms with van der Waals surface area (Å²) < 4.78 is 0. The second kappa shape index (κ2) is 4.18. The molecule has 0 fully saturated rings. The van der Waals surface area contributed by atoms with Gasteiger partial charge < -0.3 is 4.98 Å². The summed E-state index contributed by atoms with van der Waals surface area (Å²) in [6.07, 6.45) is 3.54. The Labute approximate surface area is 103 Å². The molecule has 0 saturated carbocycles. The number of aromatic nitrogens is 3. The average molecular weight is 244 g/mol. The van der Waals surface area contributed by atoms with Crippen LogP contribution in [0, 0.1) is 0 Å². The fourth-order valence-corrected chi connectivity index (χ4v) is 2.05. The number of para-hydroxylation sites is 1. The van der Waals surface area contributed by atoms with Gasteiger partial charge in [-0.15, -0.1) is 11.6 Å². The van der Waals surface area contributed by atoms with E-state index in [1.54, 1.807) is 12.4 Å². The maximum absolute atomic E-state index is 5.89. The number of rotatable bonds is 2. The Morgan fingerprint density at radius 3 is 2.88 bits per heavy atom. The molecule has 0 aliphatic heterocycles. The Kier molecular flexibility index (Phi) is 2.53. The third-order valence-corrected chi connectivity index (χ3v) is 2.96. The molecule has 17 heavy (non-hydrogen) atoms. The molecule has 0 amide bonds. The molecule has 3 rings (SSSR count). The van der Waals surface area contributed by atoms with Crippen molar-refractivity contribution >= 4 is 22.6 Å². The lowest BCUT2D eigenvalue weighted by molar-refractivity contribution is 1.27. The minimum absolute atomic E-state index is 0.467. The van der Waals surface area contributed by atoms with E-state index in [-0.39, 0.29) is 0 Å². The first kappa shape index (κ1) is 10.3. The first-order chi connectivity index (χ1) is 8.38. The molecule has 0 saturated heterocycles. The zero-order valence-electron chi connectivity index (χ0n) is 9.02. The van der Waals surface area contributed by atoms with E-state index in [0.29, 0.717) is 5.88 Å². The van der Waals surface area contributed by atoms with Crippen molar-refractivity contribution < 1.29 is 0 Å². The fraction of sp³-hybridized carbons (Fsp3) is 0.0769. The van der Waals surface area contributed by atoms with Gasteiger partial charge in [0.1, 0.15) is 5.82 Å². The van der Waals surface area contributed by atoms with Gasteiger partial charge in [0.2, 0.25) is 0 Å². The molecule has 1 N–H and O–H groups in total. The standard InChI is InChI=1S/C13H10ClN3/c14-7-9-3-1-5-11-12(9)17-13(16-11)10-4-2-6-15-8-10/h1-6,8H,7H2,(H,16,17). The van der Waals surface area contributed by atoms with Crippen molar-refractivity contribution in [3.63, 3.8) is 0 Å². The third kappa shape index (κ3) is 1.78. The van der Waals surface area contributed by atoms with Crippen LogP contribution in [-0.2, 0) is 5.88 Å². The van der Waals surface area contributed by atoms with Crippen LogP contribution in [0.2, 0.25) is 0 Å². The van der Waals surface area contributed by atoms with Gasteiger partial charge in [-0.25, -0.2) is 4.98 Å². The molecule has 4 heteroatoms. The number of pyridine rings is 1. The molecule has 3 aromatic rings. The largest absolute Gasteiger partial charge is 0.338 e. The topological polar surface area (TPSA) is 41.6 Å². The molecule has 0 aliphatic rings. The van der Waals surface area contributed by atoms with Crippen molar-refractivity contribution in [1.29, 1.82) is 0 Å². The number of aromatic amines is 1. The van der Waals surface area contributed by atoms with Crippen LogP contribution in [-0.4, -0.2) is 15.0 Å². The number of nitrogens with zero attached hydrogens (tertiary/aromatic N) is 2. The Hall–Kier alpha value is -1.87. The maximum atomic E-state index is 5.89. The molecule has 0 bridgehead atoms. The lowest BCUT2D eigenvalue weighted by Crippen LogP contribution is -1.81. The van der Waals surface area contributed by atoms with Gasteiger partial charge in [0, 0.05) is 23.8 Å². The summed E-state index contributed by atoms with van der Waals surface area (Å²) >= 11 is 5.89. The molecule has 0 atom stereocenters. The molecule has 0 radical (unpaired) electrons. The van der Waals surface area contributed by atoms with Crippen molar-refractivity contribution in [2.45, 2.75) is 5.88 Å². The number of H-pyrrole nitrogens is 1. The number of hydrogen-bond acceptors (Lipinski definition) is 2. The fourth-order valence-electron chi connectivity index (χ4n) is 1.84. The summed E-state index contributed by atoms with van der Waals surface area (Å²) in [7, 11) is 0. The van der Waals surface area contributed by atoms with Crippen LogP contribution in [0.4, 0.5) is 0 Å². The molecular weight excluding hydrogens is 234 g/mol. The number of imidazole rings is 1. The van der Waals surface area contributed by atoms with E-state index < -0.39 is 0 Å². The quantitative estimate of drug-likeness (QED) is 0.701. The van der Waals surface area contributed by atoms with Crippen LogP contribution in [0.25, 0.3) is 22.4 Å². The minimum Gasteiger partial charge on any atom is -0.338 e. The van der Waals surface area contributed by atoms with Crippen LogP contribution in [0.1, 0.15) is 5.56 Å². The molecule has 0 spiro atoms. The van der Waals surface area contributed by atoms with Crippen molar-refractivity contribution in [1.82, 2.24) is 15.0 Å². The number of alkyl halides is 1. The predicted octanol–water partition coefficient (Wildman–Crippen LogP) is 3.36. The number of benzene rings is 1. The highest BCUT2D eigenvalue weighted by Gasteiger charge is 2.07. The molecule has 0 unspecified atom stereocenters. The summed E-state index contributed by atoms with van der Waals surface area (Å²) in [5, 5.41) is 0. The zero-order chi connectivity index (χ0) is 11.7. The molecule has 3 nitrogen and oxygen atoms in total. The highest BCUT2D eigenvalue weighted by Crippen LogP contribution is 2.22. The van der Waals surface area contributed by atoms with Gasteiger partial charge in [-0.3, -0.25) is 4.98 Å². The van der Waals surface area contributed by atoms with E-state index in [4.69, 9.17) is 11.6 Å². The average Bonchev–Trinajstić information content (AvgIpc) is 2.83. The number of fused-ring (bicyclic) bond motifs is 1. The van der Waals surface area contributed by atoms with Gasteiger partial charge in [0.15, 0.2) is 0 Å². The number of nitrogens with one attached hydrogen (secondary N) is 1. The highest BCUT2D eigenvalue weighted by molar-refractivity contribution is 6.17. The van der Waals surface area contributed by atoms with Gasteiger partial charge in [-0.1, -0.05) is 12.1 Å². The van der Waals surface area contributed by atoms with Crippen molar-refractivity contribution in [2.24, 2.45) is 0 Å². The van der Waals surface area contributed by atoms with E-state index in [9.17, 15) is 0 Å². The van der Waals surface area contributed by atoms with Crippen molar-refractivity contribution in [2.75, 3.05) is 0 Å². The van der Waals surface area contributed by atoms with Gasteiger partial charge in [0.05, 0.1) is 11.0 Å². The van der Waals surface area contributed by atoms with Crippen LogP contribution >= 0.6 is 11.6 Å². The van der Waals surface area contributed by atoms with Gasteiger partial charge >= 0.3 is 0 Å². The Balaban J connectivity index is 2.20. The summed E-state index contributed by atoms with van der Waals surface area (Å²) in [4.78, 5) is 11.9. The Morgan fingerprint density at radius 1 is 1.18 bits per heavy atom. The predicted molar refractivity (Wildman–Crippen MR) is 68.9 cm³/mol. The zero-order valence-corrected chi connectivity index (χ0v) is 9.78. The molecular formula is C13H10ClN3. The number of halogens is 1. The first-order valence-corrected chi connectivity index (χ1v) is 5.86. The lowest BCUT2D eigenvalue weighted by Gasteiger charge is -1.94. The molecule has 0 aliphatic carbocycles. The number of hydrogen-bond donors (Lipinski definition) is 1. The first-order valence-electron chi connectivity index (χ1n) is 5.32. The van der Waals surface area contributed by atoms with Crippen LogP contribution < -0.4 is 0 Å². The Morgan fingerprint density at radius 2 is 2.12 bits per heavy atom. The lowest BCUT2D eigenvalue weighted by atomic mass is 10.2. The van der Waals surface area contributed by atoms with Crippen LogP contribution in [0.5, 0.6) is 0 Å². The molecule has 2 aromatic heterocycles. The summed E-state index contributed by atoms with van der Waals surface area (Å²) in [5.74, 6) is 1.29. The second-order valence-corrected chi connectivity index (χ2v) is 4.04. The van der Waals surface area contributed by atoms with Gasteiger partial charge in [0.25, 0.3) is 0 Å². The van der Waals surface area contributed by atoms with E-state index in [0.717, 1.165) is 28.0 Å². The normalized spacial score (nSPS) is 10.9. The highest BCUT2D eigenvalue weighted by atomic mass is 35.5. The van der Waals surface area contributed by atoms with E-state index >= 15 is 0 Å². The van der Waals surface area contributed by atoms with E-state index in [2.05, 4.69) is 15.0 Å². The maximum Gasteiger partial charge on any atom is 0.140 e. The molecule has 2 heterocycles. The monoisotopic (exact) mass is 243 g/mol. The smallest absolute Gasteiger partial charge is 0.140 e. The summed E-state index contributed by atoms with van der Waals surface area (Å²) in [6, 6.07) is 9.84. The van der Waals surface area contributed by atoms with Crippen LogP contribution in [0.15, 0.2) is 42.7 Å².